The van der Waals surface area contributed by atoms with Gasteiger partial charge in [0.1, 0.15) is 0 Å². The molecule has 0 aromatic carbocycles. The van der Waals surface area contributed by atoms with E-state index < -0.39 is 59.7 Å². The van der Waals surface area contributed by atoms with Gasteiger partial charge in [-0.1, -0.05) is 0 Å². The molecule has 0 spiro atoms. The molecule has 0 radical (unpaired) electrons. The van der Waals surface area contributed by atoms with E-state index in [1.165, 1.54) is 0 Å². The van der Waals surface area contributed by atoms with Crippen LogP contribution >= 0.6 is 0 Å². The molecule has 0 aliphatic carbocycles. The lowest BCUT2D eigenvalue weighted by molar-refractivity contribution is -0.357. The summed E-state index contributed by atoms with van der Waals surface area (Å²) in [6.45, 7) is 0. The maximum absolute atomic E-state index is 12.8. The van der Waals surface area contributed by atoms with Crippen molar-refractivity contribution in [3.8, 4) is 0 Å². The Morgan fingerprint density at radius 3 is 0.759 bits per heavy atom. The molecule has 0 N–H and O–H groups in total. The fourth-order valence-electron chi connectivity index (χ4n) is 1.03. The van der Waals surface area contributed by atoms with E-state index in [0.29, 0.717) is 0 Å². The minimum atomic E-state index is -7.14. The van der Waals surface area contributed by atoms with Crippen LogP contribution in [0.15, 0.2) is 23.3 Å². The van der Waals surface area contributed by atoms with Crippen LogP contribution in [0, 0.1) is 0 Å². The lowest BCUT2D eigenvalue weighted by Crippen LogP contribution is -2.42. The van der Waals surface area contributed by atoms with Gasteiger partial charge in [0.05, 0.1) is 0 Å². The summed E-state index contributed by atoms with van der Waals surface area (Å²) in [6, 6.07) is 0. The summed E-state index contributed by atoms with van der Waals surface area (Å²) in [6.07, 6.45) is -28.4. The number of allylic oxidation sites excluding steroid dienone is 2. The molecule has 19 heteroatoms. The van der Waals surface area contributed by atoms with Crippen LogP contribution in [0.2, 0.25) is 0 Å². The molecule has 0 heterocycles. The Kier molecular flexibility index (Phi) is 6.99. The largest absolute Gasteiger partial charge is 0.460 e. The molecule has 172 valence electrons. The molecule has 0 amide bonds. The zero-order valence-corrected chi connectivity index (χ0v) is 12.2. The molecule has 0 bridgehead atoms. The van der Waals surface area contributed by atoms with Crippen molar-refractivity contribution in [2.75, 3.05) is 0 Å². The third kappa shape index (κ3) is 5.21. The molecule has 0 saturated carbocycles. The third-order valence-electron chi connectivity index (χ3n) is 2.42. The Bertz CT molecular complexity index is 618. The number of alkyl halides is 14. The van der Waals surface area contributed by atoms with Crippen molar-refractivity contribution in [3.05, 3.63) is 23.3 Å². The minimum Gasteiger partial charge on any atom is -0.243 e. The first-order valence-corrected chi connectivity index (χ1v) is 5.81. The average Bonchev–Trinajstić information content (AvgIpc) is 2.48. The predicted molar refractivity (Wildman–Crippen MR) is 51.5 cm³/mol. The van der Waals surface area contributed by atoms with Gasteiger partial charge in [-0.25, -0.2) is 13.5 Å². The average molecular weight is 478 g/mol. The highest BCUT2D eigenvalue weighted by atomic mass is 19.4. The third-order valence-corrected chi connectivity index (χ3v) is 2.42. The minimum absolute atomic E-state index is 1.59. The zero-order chi connectivity index (χ0) is 24.0. The molecule has 0 fully saturated rings. The Balaban J connectivity index is 6.24. The Labute approximate surface area is 145 Å². The van der Waals surface area contributed by atoms with E-state index in [1.807, 2.05) is 0 Å². The van der Waals surface area contributed by atoms with Gasteiger partial charge in [0.2, 0.25) is 23.3 Å². The molecular weight excluding hydrogens is 478 g/mol. The van der Waals surface area contributed by atoms with Crippen molar-refractivity contribution in [1.82, 2.24) is 0 Å². The van der Waals surface area contributed by atoms with Gasteiger partial charge < -0.3 is 0 Å². The van der Waals surface area contributed by atoms with Crippen LogP contribution in [0.5, 0.6) is 0 Å². The zero-order valence-electron chi connectivity index (χ0n) is 12.2. The normalized spacial score (nSPS) is 17.2. The van der Waals surface area contributed by atoms with E-state index >= 15 is 0 Å². The topological polar surface area (TPSA) is 9.23 Å². The smallest absolute Gasteiger partial charge is 0.243 e. The van der Waals surface area contributed by atoms with Crippen molar-refractivity contribution in [3.63, 3.8) is 0 Å². The highest BCUT2D eigenvalue weighted by Crippen LogP contribution is 2.49. The molecule has 0 aromatic heterocycles. The summed E-state index contributed by atoms with van der Waals surface area (Å²) in [7, 11) is 0. The summed E-state index contributed by atoms with van der Waals surface area (Å²) in [4.78, 5) is 0. The first-order chi connectivity index (χ1) is 12.3. The second-order valence-corrected chi connectivity index (χ2v) is 4.54. The monoisotopic (exact) mass is 478 g/mol. The summed E-state index contributed by atoms with van der Waals surface area (Å²) in [5, 5.41) is 0. The molecule has 0 aliphatic heterocycles. The molecule has 0 atom stereocenters. The first-order valence-electron chi connectivity index (χ1n) is 5.81. The lowest BCUT2D eigenvalue weighted by atomic mass is 10.2. The van der Waals surface area contributed by atoms with Crippen LogP contribution in [0.25, 0.3) is 0 Å². The second-order valence-electron chi connectivity index (χ2n) is 4.54. The second kappa shape index (κ2) is 7.46. The van der Waals surface area contributed by atoms with Gasteiger partial charge in [-0.15, -0.1) is 0 Å². The number of hydrogen-bond donors (Lipinski definition) is 0. The first kappa shape index (κ1) is 27.2. The Hall–Kier alpha value is -1.82. The molecule has 0 aromatic rings. The van der Waals surface area contributed by atoms with Crippen LogP contribution < -0.4 is 0 Å². The van der Waals surface area contributed by atoms with Gasteiger partial charge in [0, 0.05) is 0 Å². The fourth-order valence-corrected chi connectivity index (χ4v) is 1.03. The van der Waals surface area contributed by atoms with E-state index in [4.69, 9.17) is 0 Å². The van der Waals surface area contributed by atoms with Gasteiger partial charge >= 0.3 is 36.4 Å². The van der Waals surface area contributed by atoms with Gasteiger partial charge in [-0.3, -0.25) is 0 Å². The molecule has 0 aliphatic rings. The number of halogens is 18. The van der Waals surface area contributed by atoms with Crippen molar-refractivity contribution < 1.29 is 83.8 Å². The van der Waals surface area contributed by atoms with Crippen molar-refractivity contribution >= 4 is 0 Å². The molecule has 0 rings (SSSR count). The molecular formula is C10F18O. The molecule has 1 nitrogen and oxygen atoms in total. The Morgan fingerprint density at radius 1 is 0.379 bits per heavy atom. The van der Waals surface area contributed by atoms with Crippen molar-refractivity contribution in [1.29, 1.82) is 0 Å². The van der Waals surface area contributed by atoms with E-state index in [9.17, 15) is 79.0 Å². The highest BCUT2D eigenvalue weighted by molar-refractivity contribution is 5.19. The molecule has 29 heavy (non-hydrogen) atoms. The summed E-state index contributed by atoms with van der Waals surface area (Å²) >= 11 is 0. The maximum Gasteiger partial charge on any atom is 0.460 e. The van der Waals surface area contributed by atoms with Crippen LogP contribution in [-0.4, -0.2) is 36.4 Å². The Morgan fingerprint density at radius 2 is 0.586 bits per heavy atom. The van der Waals surface area contributed by atoms with Gasteiger partial charge in [-0.2, -0.15) is 70.2 Å². The predicted octanol–water partition coefficient (Wildman–Crippen LogP) is 6.89. The van der Waals surface area contributed by atoms with Crippen molar-refractivity contribution in [2.24, 2.45) is 0 Å². The maximum atomic E-state index is 12.8. The number of hydrogen-bond acceptors (Lipinski definition) is 1. The van der Waals surface area contributed by atoms with Crippen LogP contribution in [0.4, 0.5) is 79.0 Å². The van der Waals surface area contributed by atoms with E-state index in [-0.39, 0.29) is 0 Å². The lowest BCUT2D eigenvalue weighted by Gasteiger charge is -2.25. The van der Waals surface area contributed by atoms with Gasteiger partial charge in [-0.05, 0) is 0 Å². The summed E-state index contributed by atoms with van der Waals surface area (Å²) < 4.78 is 224. The SMILES string of the molecule is FC(=C(F)C(F)(F)C(F)(F)F)C(F)(F)OC(F)(F)C(F)=C(F)C(F)(F)C(F)(F)F. The fraction of sp³-hybridized carbons (Fsp3) is 0.600. The molecule has 0 unspecified atom stereocenters. The van der Waals surface area contributed by atoms with Crippen LogP contribution in [0.1, 0.15) is 0 Å². The van der Waals surface area contributed by atoms with E-state index in [0.717, 1.165) is 0 Å². The number of rotatable bonds is 6. The summed E-state index contributed by atoms with van der Waals surface area (Å²) in [5.74, 6) is -33.5. The molecule has 0 saturated heterocycles. The number of ether oxygens (including phenoxy) is 1. The van der Waals surface area contributed by atoms with Crippen LogP contribution in [-0.2, 0) is 4.74 Å². The van der Waals surface area contributed by atoms with E-state index in [2.05, 4.69) is 0 Å². The van der Waals surface area contributed by atoms with Gasteiger partial charge in [0.15, 0.2) is 0 Å². The standard InChI is InChI=1S/C10F18O/c11-1(5(15,16)9(23,24)25)3(13)7(19,20)29-8(21,22)4(14)2(12)6(17,18)10(26,27)28. The quantitative estimate of drug-likeness (QED) is 0.378. The van der Waals surface area contributed by atoms with Crippen LogP contribution in [0.3, 0.4) is 0 Å². The van der Waals surface area contributed by atoms with E-state index in [1.54, 1.807) is 4.74 Å². The van der Waals surface area contributed by atoms with Crippen molar-refractivity contribution in [2.45, 2.75) is 36.4 Å². The highest BCUT2D eigenvalue weighted by Gasteiger charge is 2.67. The van der Waals surface area contributed by atoms with Gasteiger partial charge in [0.25, 0.3) is 0 Å². The summed E-state index contributed by atoms with van der Waals surface area (Å²) in [5.41, 5.74) is 0.